The predicted molar refractivity (Wildman–Crippen MR) is 103 cm³/mol. The van der Waals surface area contributed by atoms with Gasteiger partial charge in [0.05, 0.1) is 24.9 Å². The van der Waals surface area contributed by atoms with E-state index in [0.717, 1.165) is 50.0 Å². The maximum Gasteiger partial charge on any atom is 0.228 e. The van der Waals surface area contributed by atoms with E-state index >= 15 is 0 Å². The van der Waals surface area contributed by atoms with Crippen LogP contribution in [-0.4, -0.2) is 58.1 Å². The Balaban J connectivity index is 1.25. The van der Waals surface area contributed by atoms with Gasteiger partial charge in [-0.2, -0.15) is 0 Å². The van der Waals surface area contributed by atoms with Crippen LogP contribution in [0.3, 0.4) is 0 Å². The summed E-state index contributed by atoms with van der Waals surface area (Å²) in [5.74, 6) is 1.20. The van der Waals surface area contributed by atoms with E-state index in [1.807, 2.05) is 12.1 Å². The molecule has 0 radical (unpaired) electrons. The zero-order chi connectivity index (χ0) is 18.9. The van der Waals surface area contributed by atoms with Gasteiger partial charge >= 0.3 is 0 Å². The summed E-state index contributed by atoms with van der Waals surface area (Å²) in [5.41, 5.74) is 1.44. The monoisotopic (exact) mass is 379 g/mol. The molecule has 1 saturated heterocycles. The van der Waals surface area contributed by atoms with Gasteiger partial charge in [0.25, 0.3) is 0 Å². The minimum Gasteiger partial charge on any atom is -0.442 e. The number of anilines is 1. The van der Waals surface area contributed by atoms with Gasteiger partial charge in [0, 0.05) is 42.7 Å². The standard InChI is InChI=1S/C20H21N5O3/c26-20(14-7-15(8-14)25-3-5-27-6-4-25)24-19-9-17-13(10-22-19)1-2-16(23-17)18-11-21-12-28-18/h1-2,9-12,14-15H,3-8H2,(H,22,24,26)/t14-,15-. The van der Waals surface area contributed by atoms with E-state index in [9.17, 15) is 4.79 Å². The van der Waals surface area contributed by atoms with Crippen molar-refractivity contribution in [3.8, 4) is 11.5 Å². The Morgan fingerprint density at radius 2 is 2.04 bits per heavy atom. The van der Waals surface area contributed by atoms with Crippen LogP contribution in [0, 0.1) is 5.92 Å². The Hall–Kier alpha value is -2.84. The summed E-state index contributed by atoms with van der Waals surface area (Å²) in [6, 6.07) is 6.08. The Kier molecular flexibility index (Phi) is 4.50. The van der Waals surface area contributed by atoms with Gasteiger partial charge in [-0.25, -0.2) is 15.0 Å². The Morgan fingerprint density at radius 3 is 2.82 bits per heavy atom. The summed E-state index contributed by atoms with van der Waals surface area (Å²) in [6.45, 7) is 3.50. The quantitative estimate of drug-likeness (QED) is 0.743. The molecule has 1 aliphatic heterocycles. The molecule has 0 atom stereocenters. The molecule has 1 amide bonds. The molecule has 5 rings (SSSR count). The first kappa shape index (κ1) is 17.3. The molecular weight excluding hydrogens is 358 g/mol. The third-order valence-electron chi connectivity index (χ3n) is 5.56. The number of hydrogen-bond acceptors (Lipinski definition) is 7. The lowest BCUT2D eigenvalue weighted by molar-refractivity contribution is -0.125. The second-order valence-electron chi connectivity index (χ2n) is 7.28. The molecule has 4 heterocycles. The van der Waals surface area contributed by atoms with E-state index in [4.69, 9.17) is 9.15 Å². The van der Waals surface area contributed by atoms with Crippen LogP contribution in [0.2, 0.25) is 0 Å². The van der Waals surface area contributed by atoms with Crippen LogP contribution in [0.25, 0.3) is 22.4 Å². The summed E-state index contributed by atoms with van der Waals surface area (Å²) in [4.78, 5) is 27.9. The van der Waals surface area contributed by atoms with E-state index < -0.39 is 0 Å². The van der Waals surface area contributed by atoms with E-state index in [-0.39, 0.29) is 11.8 Å². The average molecular weight is 379 g/mol. The molecular formula is C20H21N5O3. The summed E-state index contributed by atoms with van der Waals surface area (Å²) in [7, 11) is 0. The van der Waals surface area contributed by atoms with Crippen molar-refractivity contribution in [3.05, 3.63) is 37.0 Å². The minimum atomic E-state index is 0.0303. The van der Waals surface area contributed by atoms with Crippen LogP contribution < -0.4 is 5.32 Å². The summed E-state index contributed by atoms with van der Waals surface area (Å²) < 4.78 is 10.7. The number of morpholine rings is 1. The SMILES string of the molecule is O=C(Nc1cc2nc(-c3cnco3)ccc2cn1)[C@H]1C[C@H](N2CCOCC2)C1. The lowest BCUT2D eigenvalue weighted by Gasteiger charge is -2.43. The van der Waals surface area contributed by atoms with Crippen LogP contribution in [0.4, 0.5) is 5.82 Å². The highest BCUT2D eigenvalue weighted by molar-refractivity contribution is 5.94. The molecule has 2 fully saturated rings. The fourth-order valence-corrected chi connectivity index (χ4v) is 3.84. The van der Waals surface area contributed by atoms with Crippen molar-refractivity contribution in [1.82, 2.24) is 19.9 Å². The van der Waals surface area contributed by atoms with Crippen molar-refractivity contribution in [3.63, 3.8) is 0 Å². The average Bonchev–Trinajstić information content (AvgIpc) is 3.22. The molecule has 3 aromatic rings. The lowest BCUT2D eigenvalue weighted by atomic mass is 9.78. The Bertz CT molecular complexity index is 979. The molecule has 28 heavy (non-hydrogen) atoms. The van der Waals surface area contributed by atoms with Crippen molar-refractivity contribution < 1.29 is 13.9 Å². The molecule has 8 nitrogen and oxygen atoms in total. The fraction of sp³-hybridized carbons (Fsp3) is 0.400. The first-order valence-electron chi connectivity index (χ1n) is 9.54. The number of nitrogens with one attached hydrogen (secondary N) is 1. The van der Waals surface area contributed by atoms with Crippen LogP contribution in [0.1, 0.15) is 12.8 Å². The minimum absolute atomic E-state index is 0.0303. The first-order chi connectivity index (χ1) is 13.8. The highest BCUT2D eigenvalue weighted by atomic mass is 16.5. The van der Waals surface area contributed by atoms with Crippen LogP contribution in [-0.2, 0) is 9.53 Å². The summed E-state index contributed by atoms with van der Waals surface area (Å²) in [6.07, 6.45) is 6.52. The second-order valence-corrected chi connectivity index (χ2v) is 7.28. The van der Waals surface area contributed by atoms with Gasteiger partial charge in [0.1, 0.15) is 11.5 Å². The van der Waals surface area contributed by atoms with Gasteiger partial charge in [-0.15, -0.1) is 0 Å². The van der Waals surface area contributed by atoms with Crippen molar-refractivity contribution in [2.24, 2.45) is 5.92 Å². The molecule has 2 aliphatic rings. The van der Waals surface area contributed by atoms with Crippen molar-refractivity contribution >= 4 is 22.6 Å². The van der Waals surface area contributed by atoms with E-state index in [1.165, 1.54) is 6.39 Å². The van der Waals surface area contributed by atoms with Gasteiger partial charge < -0.3 is 14.5 Å². The molecule has 0 unspecified atom stereocenters. The Morgan fingerprint density at radius 1 is 1.18 bits per heavy atom. The van der Waals surface area contributed by atoms with E-state index in [0.29, 0.717) is 23.3 Å². The van der Waals surface area contributed by atoms with Gasteiger partial charge in [-0.3, -0.25) is 9.69 Å². The number of carbonyl (C=O) groups is 1. The summed E-state index contributed by atoms with van der Waals surface area (Å²) in [5, 5.41) is 3.84. The molecule has 8 heteroatoms. The third-order valence-corrected chi connectivity index (χ3v) is 5.56. The number of rotatable bonds is 4. The van der Waals surface area contributed by atoms with Gasteiger partial charge in [0.2, 0.25) is 5.91 Å². The van der Waals surface area contributed by atoms with Crippen LogP contribution >= 0.6 is 0 Å². The number of ether oxygens (including phenoxy) is 1. The number of aromatic nitrogens is 3. The normalized spacial score (nSPS) is 22.7. The number of amides is 1. The largest absolute Gasteiger partial charge is 0.442 e. The van der Waals surface area contributed by atoms with Crippen LogP contribution in [0.15, 0.2) is 41.4 Å². The van der Waals surface area contributed by atoms with Gasteiger partial charge in [-0.05, 0) is 25.0 Å². The molecule has 1 N–H and O–H groups in total. The van der Waals surface area contributed by atoms with Crippen molar-refractivity contribution in [2.75, 3.05) is 31.6 Å². The number of fused-ring (bicyclic) bond motifs is 1. The number of carbonyl (C=O) groups excluding carboxylic acids is 1. The molecule has 0 spiro atoms. The molecule has 0 aromatic carbocycles. The first-order valence-corrected chi connectivity index (χ1v) is 9.54. The maximum atomic E-state index is 12.6. The number of nitrogens with zero attached hydrogens (tertiary/aromatic N) is 4. The maximum absolute atomic E-state index is 12.6. The van der Waals surface area contributed by atoms with Gasteiger partial charge in [0.15, 0.2) is 12.2 Å². The van der Waals surface area contributed by atoms with Gasteiger partial charge in [-0.1, -0.05) is 0 Å². The summed E-state index contributed by atoms with van der Waals surface area (Å²) >= 11 is 0. The lowest BCUT2D eigenvalue weighted by Crippen LogP contribution is -2.52. The predicted octanol–water partition coefficient (Wildman–Crippen LogP) is 2.33. The van der Waals surface area contributed by atoms with Crippen molar-refractivity contribution in [2.45, 2.75) is 18.9 Å². The molecule has 3 aromatic heterocycles. The molecule has 1 aliphatic carbocycles. The second kappa shape index (κ2) is 7.29. The van der Waals surface area contributed by atoms with E-state index in [2.05, 4.69) is 25.2 Å². The molecule has 1 saturated carbocycles. The number of oxazole rings is 1. The van der Waals surface area contributed by atoms with Crippen molar-refractivity contribution in [1.29, 1.82) is 0 Å². The van der Waals surface area contributed by atoms with Crippen LogP contribution in [0.5, 0.6) is 0 Å². The third kappa shape index (κ3) is 3.36. The Labute approximate surface area is 161 Å². The number of hydrogen-bond donors (Lipinski definition) is 1. The zero-order valence-corrected chi connectivity index (χ0v) is 15.4. The number of pyridine rings is 2. The molecule has 144 valence electrons. The smallest absolute Gasteiger partial charge is 0.228 e. The van der Waals surface area contributed by atoms with E-state index in [1.54, 1.807) is 18.5 Å². The fourth-order valence-electron chi connectivity index (χ4n) is 3.84. The zero-order valence-electron chi connectivity index (χ0n) is 15.4. The molecule has 0 bridgehead atoms. The highest BCUT2D eigenvalue weighted by Gasteiger charge is 2.38. The highest BCUT2D eigenvalue weighted by Crippen LogP contribution is 2.33. The topological polar surface area (TPSA) is 93.4 Å².